The van der Waals surface area contributed by atoms with Crippen molar-refractivity contribution in [2.75, 3.05) is 4.90 Å². The summed E-state index contributed by atoms with van der Waals surface area (Å²) < 4.78 is 13.2. The maximum absolute atomic E-state index is 6.78. The number of hydrogen-bond donors (Lipinski definition) is 0. The van der Waals surface area contributed by atoms with Crippen LogP contribution in [-0.2, 0) is 6.42 Å². The molecule has 2 heterocycles. The molecule has 1 unspecified atom stereocenters. The molecule has 1 atom stereocenters. The summed E-state index contributed by atoms with van der Waals surface area (Å²) in [6.45, 7) is 0. The second-order valence-electron chi connectivity index (χ2n) is 14.4. The van der Waals surface area contributed by atoms with Crippen molar-refractivity contribution in [1.29, 1.82) is 0 Å². The predicted octanol–water partition coefficient (Wildman–Crippen LogP) is 14.4. The van der Waals surface area contributed by atoms with Gasteiger partial charge >= 0.3 is 0 Å². The van der Waals surface area contributed by atoms with Crippen LogP contribution in [0.1, 0.15) is 17.2 Å². The number of para-hydroxylation sites is 2. The topological polar surface area (TPSA) is 25.6 Å². The number of nitrogens with zero attached hydrogens (tertiary/aromatic N) is 1. The van der Waals surface area contributed by atoms with Gasteiger partial charge in [0.25, 0.3) is 0 Å². The van der Waals surface area contributed by atoms with Gasteiger partial charge < -0.3 is 14.1 Å². The molecular formula is C52H35NO2. The summed E-state index contributed by atoms with van der Waals surface area (Å²) in [5, 5.41) is 7.20. The van der Waals surface area contributed by atoms with E-state index in [2.05, 4.69) is 193 Å². The molecule has 0 saturated heterocycles. The molecule has 260 valence electrons. The van der Waals surface area contributed by atoms with Gasteiger partial charge in [-0.15, -0.1) is 0 Å². The predicted molar refractivity (Wildman–Crippen MR) is 228 cm³/mol. The quantitative estimate of drug-likeness (QED) is 0.161. The van der Waals surface area contributed by atoms with Gasteiger partial charge in [0, 0.05) is 28.6 Å². The first kappa shape index (κ1) is 31.4. The smallest absolute Gasteiger partial charge is 0.159 e. The third kappa shape index (κ3) is 5.35. The standard InChI is InChI=1S/C52H35NO2/c1-2-11-34(12-3-1)35-21-26-40(27-22-35)53(41-28-23-36(24-29-41)46-31-37-13-4-6-15-42(37)43-16-7-8-17-44(43)46)48-19-10-18-45-47-32-39(25-30-50(47)55-52(45)48)51-33-38-14-5-9-20-49(38)54-51/h1-32,51H,33H2. The molecule has 55 heavy (non-hydrogen) atoms. The highest BCUT2D eigenvalue weighted by atomic mass is 16.5. The van der Waals surface area contributed by atoms with E-state index in [1.54, 1.807) is 0 Å². The Labute approximate surface area is 319 Å². The molecule has 3 nitrogen and oxygen atoms in total. The molecule has 10 aromatic rings. The van der Waals surface area contributed by atoms with Crippen LogP contribution in [0.2, 0.25) is 0 Å². The Morgan fingerprint density at radius 1 is 0.455 bits per heavy atom. The largest absolute Gasteiger partial charge is 0.485 e. The number of benzene rings is 9. The lowest BCUT2D eigenvalue weighted by Gasteiger charge is -2.26. The average molecular weight is 706 g/mol. The fourth-order valence-electron chi connectivity index (χ4n) is 8.49. The van der Waals surface area contributed by atoms with Crippen molar-refractivity contribution < 1.29 is 9.15 Å². The van der Waals surface area contributed by atoms with Gasteiger partial charge in [-0.1, -0.05) is 140 Å². The lowest BCUT2D eigenvalue weighted by molar-refractivity contribution is 0.239. The van der Waals surface area contributed by atoms with Gasteiger partial charge in [0.05, 0.1) is 5.69 Å². The molecule has 0 radical (unpaired) electrons. The highest BCUT2D eigenvalue weighted by Gasteiger charge is 2.26. The van der Waals surface area contributed by atoms with Crippen LogP contribution in [0.3, 0.4) is 0 Å². The number of fused-ring (bicyclic) bond motifs is 7. The maximum atomic E-state index is 6.78. The zero-order valence-electron chi connectivity index (χ0n) is 30.0. The van der Waals surface area contributed by atoms with Crippen molar-refractivity contribution in [2.45, 2.75) is 12.5 Å². The van der Waals surface area contributed by atoms with Crippen molar-refractivity contribution >= 4 is 60.5 Å². The van der Waals surface area contributed by atoms with Crippen LogP contribution < -0.4 is 9.64 Å². The molecule has 1 aromatic heterocycles. The average Bonchev–Trinajstić information content (AvgIpc) is 3.87. The molecule has 11 rings (SSSR count). The van der Waals surface area contributed by atoms with E-state index >= 15 is 0 Å². The van der Waals surface area contributed by atoms with Crippen molar-refractivity contribution in [3.63, 3.8) is 0 Å². The summed E-state index contributed by atoms with van der Waals surface area (Å²) in [7, 11) is 0. The molecule has 0 bridgehead atoms. The fraction of sp³-hybridized carbons (Fsp3) is 0.0385. The van der Waals surface area contributed by atoms with Crippen molar-refractivity contribution in [3.8, 4) is 28.0 Å². The molecule has 0 fully saturated rings. The van der Waals surface area contributed by atoms with Crippen LogP contribution in [-0.4, -0.2) is 0 Å². The first-order valence-electron chi connectivity index (χ1n) is 18.9. The molecular weight excluding hydrogens is 671 g/mol. The Morgan fingerprint density at radius 2 is 1.11 bits per heavy atom. The summed E-state index contributed by atoms with van der Waals surface area (Å²) in [5.41, 5.74) is 12.0. The Kier molecular flexibility index (Phi) is 7.31. The molecule has 0 aliphatic carbocycles. The van der Waals surface area contributed by atoms with Crippen molar-refractivity contribution in [2.24, 2.45) is 0 Å². The molecule has 9 aromatic carbocycles. The van der Waals surface area contributed by atoms with Crippen LogP contribution in [0.25, 0.3) is 65.7 Å². The van der Waals surface area contributed by atoms with Crippen LogP contribution in [0, 0.1) is 0 Å². The first-order chi connectivity index (χ1) is 27.2. The van der Waals surface area contributed by atoms with Gasteiger partial charge in [0.1, 0.15) is 17.4 Å². The number of ether oxygens (including phenoxy) is 1. The van der Waals surface area contributed by atoms with E-state index in [-0.39, 0.29) is 6.10 Å². The van der Waals surface area contributed by atoms with Gasteiger partial charge in [-0.05, 0) is 110 Å². The van der Waals surface area contributed by atoms with Gasteiger partial charge in [0.15, 0.2) is 5.58 Å². The highest BCUT2D eigenvalue weighted by molar-refractivity contribution is 6.14. The van der Waals surface area contributed by atoms with Gasteiger partial charge in [-0.3, -0.25) is 0 Å². The van der Waals surface area contributed by atoms with E-state index in [1.165, 1.54) is 49.4 Å². The van der Waals surface area contributed by atoms with E-state index in [1.807, 2.05) is 6.07 Å². The summed E-state index contributed by atoms with van der Waals surface area (Å²) in [6.07, 6.45) is 0.841. The number of rotatable bonds is 6. The Morgan fingerprint density at radius 3 is 1.91 bits per heavy atom. The van der Waals surface area contributed by atoms with Crippen molar-refractivity contribution in [1.82, 2.24) is 0 Å². The highest BCUT2D eigenvalue weighted by Crippen LogP contribution is 2.45. The van der Waals surface area contributed by atoms with E-state index in [0.29, 0.717) is 0 Å². The Bertz CT molecular complexity index is 3010. The lowest BCUT2D eigenvalue weighted by atomic mass is 9.93. The minimum Gasteiger partial charge on any atom is -0.485 e. The second kappa shape index (κ2) is 12.8. The van der Waals surface area contributed by atoms with Crippen LogP contribution >= 0.6 is 0 Å². The molecule has 0 spiro atoms. The minimum absolute atomic E-state index is 0.0206. The number of furan rings is 1. The monoisotopic (exact) mass is 705 g/mol. The fourth-order valence-corrected chi connectivity index (χ4v) is 8.49. The normalized spacial score (nSPS) is 13.7. The van der Waals surface area contributed by atoms with E-state index < -0.39 is 0 Å². The number of hydrogen-bond acceptors (Lipinski definition) is 3. The first-order valence-corrected chi connectivity index (χ1v) is 18.9. The summed E-state index contributed by atoms with van der Waals surface area (Å²) >= 11 is 0. The van der Waals surface area contributed by atoms with Crippen LogP contribution in [0.5, 0.6) is 5.75 Å². The van der Waals surface area contributed by atoms with Gasteiger partial charge in [-0.25, -0.2) is 0 Å². The SMILES string of the molecule is c1ccc(-c2ccc(N(c3ccc(-c4cc5ccccc5c5ccccc45)cc3)c3cccc4c3oc3ccc(C5Cc6ccccc6O5)cc34)cc2)cc1. The minimum atomic E-state index is -0.0206. The third-order valence-electron chi connectivity index (χ3n) is 11.2. The zero-order chi connectivity index (χ0) is 36.3. The van der Waals surface area contributed by atoms with E-state index in [9.17, 15) is 0 Å². The van der Waals surface area contributed by atoms with Crippen molar-refractivity contribution in [3.05, 3.63) is 205 Å². The zero-order valence-corrected chi connectivity index (χ0v) is 30.0. The van der Waals surface area contributed by atoms with Gasteiger partial charge in [-0.2, -0.15) is 0 Å². The van der Waals surface area contributed by atoms with Crippen LogP contribution in [0.4, 0.5) is 17.1 Å². The maximum Gasteiger partial charge on any atom is 0.159 e. The second-order valence-corrected chi connectivity index (χ2v) is 14.4. The third-order valence-corrected chi connectivity index (χ3v) is 11.2. The molecule has 0 N–H and O–H groups in total. The summed E-state index contributed by atoms with van der Waals surface area (Å²) in [4.78, 5) is 2.32. The lowest BCUT2D eigenvalue weighted by Crippen LogP contribution is -2.10. The Hall–Kier alpha value is -7.10. The van der Waals surface area contributed by atoms with Gasteiger partial charge in [0.2, 0.25) is 0 Å². The summed E-state index contributed by atoms with van der Waals surface area (Å²) in [6, 6.07) is 69.4. The molecule has 1 aliphatic heterocycles. The summed E-state index contributed by atoms with van der Waals surface area (Å²) in [5.74, 6) is 0.973. The Balaban J connectivity index is 1.04. The number of anilines is 3. The van der Waals surface area contributed by atoms with E-state index in [0.717, 1.165) is 56.7 Å². The molecule has 3 heteroatoms. The van der Waals surface area contributed by atoms with E-state index in [4.69, 9.17) is 9.15 Å². The molecule has 0 saturated carbocycles. The van der Waals surface area contributed by atoms with Crippen LogP contribution in [0.15, 0.2) is 199 Å². The molecule has 0 amide bonds. The molecule has 1 aliphatic rings.